The normalized spacial score (nSPS) is 15.8. The Morgan fingerprint density at radius 1 is 1.39 bits per heavy atom. The predicted octanol–water partition coefficient (Wildman–Crippen LogP) is 1.75. The number of amides is 1. The van der Waals surface area contributed by atoms with Gasteiger partial charge >= 0.3 is 0 Å². The van der Waals surface area contributed by atoms with Crippen molar-refractivity contribution >= 4 is 23.2 Å². The highest BCUT2D eigenvalue weighted by molar-refractivity contribution is 6.33. The first-order valence-corrected chi connectivity index (χ1v) is 6.60. The highest BCUT2D eigenvalue weighted by atomic mass is 35.5. The summed E-state index contributed by atoms with van der Waals surface area (Å²) in [4.78, 5) is 14.2. The SMILES string of the molecule is Nc1cc(C(=O)NCCN2CCCC2)ccc1Cl. The minimum Gasteiger partial charge on any atom is -0.398 e. The maximum absolute atomic E-state index is 11.9. The number of hydrogen-bond donors (Lipinski definition) is 2. The Morgan fingerprint density at radius 2 is 2.11 bits per heavy atom. The van der Waals surface area contributed by atoms with Crippen molar-refractivity contribution in [2.24, 2.45) is 0 Å². The first-order chi connectivity index (χ1) is 8.66. The molecule has 1 aromatic carbocycles. The summed E-state index contributed by atoms with van der Waals surface area (Å²) in [5.74, 6) is -0.0995. The summed E-state index contributed by atoms with van der Waals surface area (Å²) in [5, 5.41) is 3.37. The third kappa shape index (κ3) is 3.37. The van der Waals surface area contributed by atoms with Crippen molar-refractivity contribution in [3.63, 3.8) is 0 Å². The van der Waals surface area contributed by atoms with Crippen molar-refractivity contribution in [2.75, 3.05) is 31.9 Å². The van der Waals surface area contributed by atoms with Crippen LogP contribution in [0.2, 0.25) is 5.02 Å². The van der Waals surface area contributed by atoms with Crippen LogP contribution in [0, 0.1) is 0 Å². The maximum Gasteiger partial charge on any atom is 0.251 e. The molecule has 0 radical (unpaired) electrons. The Bertz CT molecular complexity index is 430. The molecule has 0 unspecified atom stereocenters. The fourth-order valence-corrected chi connectivity index (χ4v) is 2.24. The lowest BCUT2D eigenvalue weighted by molar-refractivity contribution is 0.0950. The van der Waals surface area contributed by atoms with Crippen LogP contribution >= 0.6 is 11.6 Å². The van der Waals surface area contributed by atoms with Crippen LogP contribution in [0.5, 0.6) is 0 Å². The Hall–Kier alpha value is -1.26. The lowest BCUT2D eigenvalue weighted by Crippen LogP contribution is -2.33. The number of rotatable bonds is 4. The van der Waals surface area contributed by atoms with E-state index in [-0.39, 0.29) is 5.91 Å². The number of nitrogen functional groups attached to an aromatic ring is 1. The van der Waals surface area contributed by atoms with E-state index < -0.39 is 0 Å². The number of carbonyl (C=O) groups excluding carboxylic acids is 1. The number of anilines is 1. The van der Waals surface area contributed by atoms with Crippen LogP contribution in [0.4, 0.5) is 5.69 Å². The van der Waals surface area contributed by atoms with Crippen molar-refractivity contribution < 1.29 is 4.79 Å². The van der Waals surface area contributed by atoms with Crippen molar-refractivity contribution in [2.45, 2.75) is 12.8 Å². The van der Waals surface area contributed by atoms with Gasteiger partial charge in [0, 0.05) is 18.7 Å². The number of nitrogens with one attached hydrogen (secondary N) is 1. The van der Waals surface area contributed by atoms with Crippen molar-refractivity contribution in [3.8, 4) is 0 Å². The van der Waals surface area contributed by atoms with Gasteiger partial charge in [-0.1, -0.05) is 11.6 Å². The van der Waals surface area contributed by atoms with E-state index in [9.17, 15) is 4.79 Å². The van der Waals surface area contributed by atoms with Gasteiger partial charge < -0.3 is 16.0 Å². The molecule has 0 aromatic heterocycles. The van der Waals surface area contributed by atoms with Gasteiger partial charge in [-0.05, 0) is 44.1 Å². The topological polar surface area (TPSA) is 58.4 Å². The number of halogens is 1. The van der Waals surface area contributed by atoms with Crippen molar-refractivity contribution in [1.29, 1.82) is 0 Å². The first kappa shape index (κ1) is 13.2. The third-order valence-electron chi connectivity index (χ3n) is 3.17. The Balaban J connectivity index is 1.81. The second-order valence-corrected chi connectivity index (χ2v) is 4.95. The molecule has 1 amide bonds. The van der Waals surface area contributed by atoms with E-state index in [2.05, 4.69) is 10.2 Å². The number of benzene rings is 1. The molecule has 98 valence electrons. The molecule has 1 aliphatic rings. The molecule has 0 aliphatic carbocycles. The molecule has 5 heteroatoms. The molecule has 4 nitrogen and oxygen atoms in total. The summed E-state index contributed by atoms with van der Waals surface area (Å²) in [6.45, 7) is 3.86. The van der Waals surface area contributed by atoms with Gasteiger partial charge in [-0.3, -0.25) is 4.79 Å². The number of nitrogens with two attached hydrogens (primary N) is 1. The molecule has 1 fully saturated rings. The molecule has 1 aromatic rings. The molecule has 0 atom stereocenters. The minimum atomic E-state index is -0.0995. The van der Waals surface area contributed by atoms with Crippen molar-refractivity contribution in [3.05, 3.63) is 28.8 Å². The summed E-state index contributed by atoms with van der Waals surface area (Å²) < 4.78 is 0. The molecule has 1 aliphatic heterocycles. The van der Waals surface area contributed by atoms with E-state index in [1.807, 2.05) is 0 Å². The summed E-state index contributed by atoms with van der Waals surface area (Å²) in [7, 11) is 0. The lowest BCUT2D eigenvalue weighted by Gasteiger charge is -2.14. The zero-order valence-corrected chi connectivity index (χ0v) is 11.0. The van der Waals surface area contributed by atoms with Crippen LogP contribution in [0.25, 0.3) is 0 Å². The van der Waals surface area contributed by atoms with E-state index in [0.717, 1.165) is 19.6 Å². The van der Waals surface area contributed by atoms with E-state index in [0.29, 0.717) is 22.8 Å². The smallest absolute Gasteiger partial charge is 0.251 e. The monoisotopic (exact) mass is 267 g/mol. The van der Waals surface area contributed by atoms with Crippen LogP contribution in [0.3, 0.4) is 0 Å². The first-order valence-electron chi connectivity index (χ1n) is 6.22. The van der Waals surface area contributed by atoms with Crippen LogP contribution in [0.1, 0.15) is 23.2 Å². The van der Waals surface area contributed by atoms with Gasteiger partial charge in [0.05, 0.1) is 10.7 Å². The lowest BCUT2D eigenvalue weighted by atomic mass is 10.2. The fraction of sp³-hybridized carbons (Fsp3) is 0.462. The number of nitrogens with zero attached hydrogens (tertiary/aromatic N) is 1. The highest BCUT2D eigenvalue weighted by Crippen LogP contribution is 2.19. The molecule has 0 spiro atoms. The second kappa shape index (κ2) is 6.07. The summed E-state index contributed by atoms with van der Waals surface area (Å²) in [6.07, 6.45) is 2.53. The zero-order chi connectivity index (χ0) is 13.0. The molecule has 1 saturated heterocycles. The van der Waals surface area contributed by atoms with Gasteiger partial charge in [-0.15, -0.1) is 0 Å². The summed E-state index contributed by atoms with van der Waals surface area (Å²) >= 11 is 5.81. The summed E-state index contributed by atoms with van der Waals surface area (Å²) in [5.41, 5.74) is 6.65. The third-order valence-corrected chi connectivity index (χ3v) is 3.51. The largest absolute Gasteiger partial charge is 0.398 e. The van der Waals surface area contributed by atoms with Crippen LogP contribution in [-0.4, -0.2) is 37.0 Å². The predicted molar refractivity (Wildman–Crippen MR) is 73.9 cm³/mol. The Labute approximate surface area is 112 Å². The number of likely N-dealkylation sites (tertiary alicyclic amines) is 1. The summed E-state index contributed by atoms with van der Waals surface area (Å²) in [6, 6.07) is 4.93. The Morgan fingerprint density at radius 3 is 2.78 bits per heavy atom. The van der Waals surface area contributed by atoms with Gasteiger partial charge in [0.1, 0.15) is 0 Å². The van der Waals surface area contributed by atoms with Gasteiger partial charge in [0.2, 0.25) is 0 Å². The molecule has 2 rings (SSSR count). The van der Waals surface area contributed by atoms with Crippen LogP contribution < -0.4 is 11.1 Å². The molecule has 0 bridgehead atoms. The Kier molecular flexibility index (Phi) is 4.44. The average Bonchev–Trinajstić information content (AvgIpc) is 2.85. The van der Waals surface area contributed by atoms with E-state index in [4.69, 9.17) is 17.3 Å². The number of carbonyl (C=O) groups is 1. The van der Waals surface area contributed by atoms with Gasteiger partial charge in [-0.2, -0.15) is 0 Å². The molecule has 0 saturated carbocycles. The standard InChI is InChI=1S/C13H18ClN3O/c14-11-4-3-10(9-12(11)15)13(18)16-5-8-17-6-1-2-7-17/h3-4,9H,1-2,5-8,15H2,(H,16,18). The van der Waals surface area contributed by atoms with Gasteiger partial charge in [-0.25, -0.2) is 0 Å². The maximum atomic E-state index is 11.9. The molecule has 3 N–H and O–H groups in total. The van der Waals surface area contributed by atoms with E-state index in [1.54, 1.807) is 18.2 Å². The van der Waals surface area contributed by atoms with E-state index in [1.165, 1.54) is 12.8 Å². The molecule has 1 heterocycles. The molecular formula is C13H18ClN3O. The van der Waals surface area contributed by atoms with Crippen molar-refractivity contribution in [1.82, 2.24) is 10.2 Å². The zero-order valence-electron chi connectivity index (χ0n) is 10.3. The van der Waals surface area contributed by atoms with E-state index >= 15 is 0 Å². The number of hydrogen-bond acceptors (Lipinski definition) is 3. The molecular weight excluding hydrogens is 250 g/mol. The quantitative estimate of drug-likeness (QED) is 0.817. The minimum absolute atomic E-state index is 0.0995. The van der Waals surface area contributed by atoms with Crippen LogP contribution in [-0.2, 0) is 0 Å². The highest BCUT2D eigenvalue weighted by Gasteiger charge is 2.12. The van der Waals surface area contributed by atoms with Gasteiger partial charge in [0.15, 0.2) is 0 Å². The second-order valence-electron chi connectivity index (χ2n) is 4.54. The van der Waals surface area contributed by atoms with Gasteiger partial charge in [0.25, 0.3) is 5.91 Å². The fourth-order valence-electron chi connectivity index (χ4n) is 2.12. The van der Waals surface area contributed by atoms with Crippen LogP contribution in [0.15, 0.2) is 18.2 Å². The molecule has 18 heavy (non-hydrogen) atoms. The average molecular weight is 268 g/mol.